The minimum atomic E-state index is -0.801. The molecule has 2 unspecified atom stereocenters. The summed E-state index contributed by atoms with van der Waals surface area (Å²) < 4.78 is 7.04. The third-order valence-electron chi connectivity index (χ3n) is 5.78. The Labute approximate surface area is 181 Å². The van der Waals surface area contributed by atoms with E-state index in [9.17, 15) is 19.7 Å². The molecular formula is C22H17N5O5. The van der Waals surface area contributed by atoms with Gasteiger partial charge in [0.05, 0.1) is 15.9 Å². The second-order valence-corrected chi connectivity index (χ2v) is 7.73. The Balaban J connectivity index is 1.54. The molecule has 1 fully saturated rings. The van der Waals surface area contributed by atoms with Gasteiger partial charge in [-0.2, -0.15) is 4.68 Å². The number of benzene rings is 2. The van der Waals surface area contributed by atoms with Crippen molar-refractivity contribution in [3.05, 3.63) is 68.0 Å². The maximum atomic E-state index is 13.2. The summed E-state index contributed by atoms with van der Waals surface area (Å²) >= 11 is 0. The van der Waals surface area contributed by atoms with Gasteiger partial charge in [-0.25, -0.2) is 0 Å². The first-order valence-electron chi connectivity index (χ1n) is 10.1. The van der Waals surface area contributed by atoms with Crippen molar-refractivity contribution >= 4 is 22.5 Å². The number of carbonyl (C=O) groups excluding carboxylic acids is 1. The second kappa shape index (κ2) is 7.46. The van der Waals surface area contributed by atoms with E-state index in [1.807, 2.05) is 0 Å². The summed E-state index contributed by atoms with van der Waals surface area (Å²) in [5.41, 5.74) is 0.676. The van der Waals surface area contributed by atoms with Crippen molar-refractivity contribution in [1.82, 2.24) is 19.9 Å². The van der Waals surface area contributed by atoms with E-state index >= 15 is 0 Å². The molecule has 3 heterocycles. The number of nitrogens with zero attached hydrogens (tertiary/aromatic N) is 5. The van der Waals surface area contributed by atoms with Crippen molar-refractivity contribution in [3.8, 4) is 18.1 Å². The molecule has 0 bridgehead atoms. The number of hydrogen-bond donors (Lipinski definition) is 0. The van der Waals surface area contributed by atoms with Crippen LogP contribution in [0.4, 0.5) is 5.69 Å². The molecule has 3 aromatic rings. The molecule has 1 saturated heterocycles. The second-order valence-electron chi connectivity index (χ2n) is 7.73. The number of aromatic nitrogens is 3. The van der Waals surface area contributed by atoms with Crippen LogP contribution >= 0.6 is 0 Å². The van der Waals surface area contributed by atoms with E-state index in [-0.39, 0.29) is 35.1 Å². The number of hydrogen-bond acceptors (Lipinski definition) is 7. The van der Waals surface area contributed by atoms with E-state index in [0.717, 1.165) is 17.5 Å². The SMILES string of the molecule is C#CC(Cc1cccc([N+](=O)[O-])c1)n1nnc2cc3c(cc2c1=O)OC1CCCN1C3=O. The first-order valence-corrected chi connectivity index (χ1v) is 10.1. The molecule has 2 aliphatic heterocycles. The van der Waals surface area contributed by atoms with E-state index in [2.05, 4.69) is 16.2 Å². The van der Waals surface area contributed by atoms with Crippen LogP contribution in [0, 0.1) is 22.5 Å². The van der Waals surface area contributed by atoms with Crippen LogP contribution in [0.25, 0.3) is 10.9 Å². The van der Waals surface area contributed by atoms with E-state index in [4.69, 9.17) is 11.2 Å². The molecule has 2 atom stereocenters. The summed E-state index contributed by atoms with van der Waals surface area (Å²) in [6, 6.07) is 8.28. The van der Waals surface area contributed by atoms with Gasteiger partial charge in [0.2, 0.25) is 0 Å². The van der Waals surface area contributed by atoms with E-state index in [1.54, 1.807) is 17.0 Å². The third-order valence-corrected chi connectivity index (χ3v) is 5.78. The molecule has 2 aromatic carbocycles. The quantitative estimate of drug-likeness (QED) is 0.352. The van der Waals surface area contributed by atoms with Crippen molar-refractivity contribution in [1.29, 1.82) is 0 Å². The maximum Gasteiger partial charge on any atom is 0.278 e. The fraction of sp³-hybridized carbons (Fsp3) is 0.273. The van der Waals surface area contributed by atoms with Crippen LogP contribution in [0.1, 0.15) is 34.8 Å². The van der Waals surface area contributed by atoms with E-state index in [0.29, 0.717) is 23.4 Å². The number of fused-ring (bicyclic) bond motifs is 3. The number of amides is 1. The average molecular weight is 431 g/mol. The first-order chi connectivity index (χ1) is 15.5. The number of rotatable bonds is 4. The summed E-state index contributed by atoms with van der Waals surface area (Å²) in [5, 5.41) is 19.4. The number of non-ortho nitro benzene ring substituents is 1. The Hall–Kier alpha value is -4.26. The number of nitro groups is 1. The number of carbonyl (C=O) groups is 1. The Bertz CT molecular complexity index is 1380. The fourth-order valence-corrected chi connectivity index (χ4v) is 4.18. The molecule has 1 aromatic heterocycles. The number of nitro benzene ring substituents is 1. The monoisotopic (exact) mass is 431 g/mol. The Morgan fingerprint density at radius 2 is 2.16 bits per heavy atom. The topological polar surface area (TPSA) is 120 Å². The highest BCUT2D eigenvalue weighted by molar-refractivity contribution is 6.01. The molecule has 0 radical (unpaired) electrons. The molecule has 160 valence electrons. The summed E-state index contributed by atoms with van der Waals surface area (Å²) in [4.78, 5) is 38.2. The zero-order valence-corrected chi connectivity index (χ0v) is 16.8. The predicted molar refractivity (Wildman–Crippen MR) is 113 cm³/mol. The Kier molecular flexibility index (Phi) is 4.59. The van der Waals surface area contributed by atoms with Gasteiger partial charge in [-0.15, -0.1) is 11.5 Å². The molecule has 0 spiro atoms. The van der Waals surface area contributed by atoms with Crippen LogP contribution in [0.2, 0.25) is 0 Å². The number of ether oxygens (including phenoxy) is 1. The first kappa shape index (κ1) is 19.7. The predicted octanol–water partition coefficient (Wildman–Crippen LogP) is 2.07. The van der Waals surface area contributed by atoms with Crippen molar-refractivity contribution in [2.24, 2.45) is 0 Å². The lowest BCUT2D eigenvalue weighted by atomic mass is 10.1. The highest BCUT2D eigenvalue weighted by Crippen LogP contribution is 2.34. The van der Waals surface area contributed by atoms with Gasteiger partial charge >= 0.3 is 0 Å². The van der Waals surface area contributed by atoms with Gasteiger partial charge in [-0.1, -0.05) is 23.3 Å². The zero-order chi connectivity index (χ0) is 22.4. The van der Waals surface area contributed by atoms with E-state index < -0.39 is 16.5 Å². The van der Waals surface area contributed by atoms with Crippen LogP contribution in [-0.2, 0) is 6.42 Å². The van der Waals surface area contributed by atoms with Gasteiger partial charge < -0.3 is 9.64 Å². The molecule has 0 saturated carbocycles. The molecule has 0 N–H and O–H groups in total. The highest BCUT2D eigenvalue weighted by Gasteiger charge is 2.37. The molecule has 32 heavy (non-hydrogen) atoms. The lowest BCUT2D eigenvalue weighted by Crippen LogP contribution is -2.43. The highest BCUT2D eigenvalue weighted by atomic mass is 16.6. The largest absolute Gasteiger partial charge is 0.470 e. The summed E-state index contributed by atoms with van der Waals surface area (Å²) in [6.07, 6.45) is 7.10. The molecule has 10 nitrogen and oxygen atoms in total. The average Bonchev–Trinajstić information content (AvgIpc) is 3.27. The number of terminal acetylenes is 1. The zero-order valence-electron chi connectivity index (χ0n) is 16.8. The summed E-state index contributed by atoms with van der Waals surface area (Å²) in [6.45, 7) is 0.635. The summed E-state index contributed by atoms with van der Waals surface area (Å²) in [5.74, 6) is 2.72. The smallest absolute Gasteiger partial charge is 0.278 e. The summed E-state index contributed by atoms with van der Waals surface area (Å²) in [7, 11) is 0. The molecule has 0 aliphatic carbocycles. The van der Waals surface area contributed by atoms with Crippen LogP contribution < -0.4 is 10.3 Å². The molecule has 10 heteroatoms. The van der Waals surface area contributed by atoms with Gasteiger partial charge in [-0.05, 0) is 24.1 Å². The minimum absolute atomic E-state index is 0.0652. The van der Waals surface area contributed by atoms with Crippen molar-refractivity contribution in [2.75, 3.05) is 6.54 Å². The molecule has 1 amide bonds. The lowest BCUT2D eigenvalue weighted by Gasteiger charge is -2.31. The standard InChI is InChI=1S/C22H17N5O5/c1-2-14(9-13-5-3-6-15(10-13)27(30)31)26-22(29)16-12-19-17(11-18(16)23-24-26)21(28)25-8-4-7-20(25)32-19/h1,3,5-6,10-12,14,20H,4,7-9H2. The van der Waals surface area contributed by atoms with E-state index in [1.165, 1.54) is 24.3 Å². The fourth-order valence-electron chi connectivity index (χ4n) is 4.18. The lowest BCUT2D eigenvalue weighted by molar-refractivity contribution is -0.384. The van der Waals surface area contributed by atoms with Gasteiger partial charge in [0.25, 0.3) is 17.2 Å². The van der Waals surface area contributed by atoms with Crippen molar-refractivity contribution < 1.29 is 14.5 Å². The van der Waals surface area contributed by atoms with Gasteiger partial charge in [-0.3, -0.25) is 19.7 Å². The van der Waals surface area contributed by atoms with Crippen LogP contribution in [-0.4, -0.2) is 43.5 Å². The molecule has 5 rings (SSSR count). The van der Waals surface area contributed by atoms with Crippen LogP contribution in [0.3, 0.4) is 0 Å². The molecular weight excluding hydrogens is 414 g/mol. The Morgan fingerprint density at radius 3 is 2.94 bits per heavy atom. The minimum Gasteiger partial charge on any atom is -0.470 e. The van der Waals surface area contributed by atoms with Gasteiger partial charge in [0.15, 0.2) is 6.23 Å². The normalized spacial score (nSPS) is 17.9. The molecule has 2 aliphatic rings. The van der Waals surface area contributed by atoms with Crippen LogP contribution in [0.15, 0.2) is 41.2 Å². The van der Waals surface area contributed by atoms with Gasteiger partial charge in [0, 0.05) is 31.5 Å². The Morgan fingerprint density at radius 1 is 1.31 bits per heavy atom. The van der Waals surface area contributed by atoms with Crippen LogP contribution in [0.5, 0.6) is 5.75 Å². The van der Waals surface area contributed by atoms with Gasteiger partial charge in [0.1, 0.15) is 17.3 Å². The van der Waals surface area contributed by atoms with Crippen molar-refractivity contribution in [2.45, 2.75) is 31.5 Å². The third kappa shape index (κ3) is 3.15. The van der Waals surface area contributed by atoms with Crippen molar-refractivity contribution in [3.63, 3.8) is 0 Å². The maximum absolute atomic E-state index is 13.2.